The number of nitrogens with zero attached hydrogens (tertiary/aromatic N) is 4. The zero-order chi connectivity index (χ0) is 14.8. The number of anilines is 1. The van der Waals surface area contributed by atoms with E-state index in [4.69, 9.17) is 5.73 Å². The minimum absolute atomic E-state index is 0.137. The molecule has 21 heavy (non-hydrogen) atoms. The van der Waals surface area contributed by atoms with E-state index >= 15 is 0 Å². The number of benzene rings is 1. The van der Waals surface area contributed by atoms with Crippen molar-refractivity contribution in [3.05, 3.63) is 24.0 Å². The highest BCUT2D eigenvalue weighted by molar-refractivity contribution is 5.59. The van der Waals surface area contributed by atoms with Crippen LogP contribution in [0.4, 0.5) is 10.1 Å². The second-order valence-corrected chi connectivity index (χ2v) is 5.82. The lowest BCUT2D eigenvalue weighted by Gasteiger charge is -2.27. The van der Waals surface area contributed by atoms with Crippen LogP contribution >= 0.6 is 0 Å². The zero-order valence-electron chi connectivity index (χ0n) is 12.2. The van der Waals surface area contributed by atoms with Crippen LogP contribution in [-0.2, 0) is 0 Å². The lowest BCUT2D eigenvalue weighted by atomic mass is 9.84. The van der Waals surface area contributed by atoms with Crippen molar-refractivity contribution in [2.75, 3.05) is 5.73 Å². The van der Waals surface area contributed by atoms with Gasteiger partial charge in [0.1, 0.15) is 5.82 Å². The van der Waals surface area contributed by atoms with Crippen molar-refractivity contribution in [2.24, 2.45) is 5.92 Å². The van der Waals surface area contributed by atoms with Gasteiger partial charge in [0.2, 0.25) is 0 Å². The van der Waals surface area contributed by atoms with Crippen LogP contribution in [-0.4, -0.2) is 20.2 Å². The molecule has 2 N–H and O–H groups in total. The number of nitrogen functional groups attached to an aromatic ring is 1. The number of hydrogen-bond donors (Lipinski definition) is 1. The predicted molar refractivity (Wildman–Crippen MR) is 78.9 cm³/mol. The molecule has 1 fully saturated rings. The van der Waals surface area contributed by atoms with Crippen LogP contribution in [0.5, 0.6) is 0 Å². The molecule has 0 amide bonds. The Kier molecular flexibility index (Phi) is 3.86. The van der Waals surface area contributed by atoms with E-state index in [1.54, 1.807) is 12.1 Å². The molecule has 1 heterocycles. The summed E-state index contributed by atoms with van der Waals surface area (Å²) in [7, 11) is 0. The molecule has 1 aliphatic rings. The first-order valence-electron chi connectivity index (χ1n) is 7.50. The van der Waals surface area contributed by atoms with Crippen molar-refractivity contribution < 1.29 is 4.39 Å². The summed E-state index contributed by atoms with van der Waals surface area (Å²) in [5.74, 6) is 0.749. The molecule has 1 unspecified atom stereocenters. The average molecular weight is 289 g/mol. The van der Waals surface area contributed by atoms with E-state index < -0.39 is 5.82 Å². The van der Waals surface area contributed by atoms with Gasteiger partial charge >= 0.3 is 0 Å². The topological polar surface area (TPSA) is 69.6 Å². The first-order chi connectivity index (χ1) is 10.2. The Balaban J connectivity index is 1.90. The van der Waals surface area contributed by atoms with E-state index in [2.05, 4.69) is 22.4 Å². The van der Waals surface area contributed by atoms with E-state index in [0.29, 0.717) is 17.3 Å². The van der Waals surface area contributed by atoms with Crippen molar-refractivity contribution in [1.82, 2.24) is 20.2 Å². The van der Waals surface area contributed by atoms with Gasteiger partial charge in [-0.3, -0.25) is 0 Å². The fourth-order valence-electron chi connectivity index (χ4n) is 3.14. The van der Waals surface area contributed by atoms with E-state index in [1.165, 1.54) is 38.2 Å². The lowest BCUT2D eigenvalue weighted by molar-refractivity contribution is 0.249. The largest absolute Gasteiger partial charge is 0.396 e. The van der Waals surface area contributed by atoms with Crippen LogP contribution in [0.15, 0.2) is 18.2 Å². The quantitative estimate of drug-likeness (QED) is 0.881. The molecule has 1 aliphatic carbocycles. The number of rotatable bonds is 3. The molecule has 1 saturated carbocycles. The molecule has 2 aromatic rings. The van der Waals surface area contributed by atoms with Gasteiger partial charge in [0, 0.05) is 5.56 Å². The van der Waals surface area contributed by atoms with Crippen molar-refractivity contribution in [1.29, 1.82) is 0 Å². The molecular formula is C15H20FN5. The molecular weight excluding hydrogens is 269 g/mol. The standard InChI is InChI=1S/C15H20FN5/c1-10(11-5-3-2-4-6-11)21-15(18-19-20-21)12-7-8-14(17)13(16)9-12/h7-11H,2-6,17H2,1H3. The summed E-state index contributed by atoms with van der Waals surface area (Å²) in [6.07, 6.45) is 6.26. The molecule has 0 aliphatic heterocycles. The summed E-state index contributed by atoms with van der Waals surface area (Å²) in [4.78, 5) is 0. The van der Waals surface area contributed by atoms with Crippen LogP contribution in [0.25, 0.3) is 11.4 Å². The van der Waals surface area contributed by atoms with Gasteiger partial charge in [-0.05, 0) is 54.3 Å². The first-order valence-corrected chi connectivity index (χ1v) is 7.50. The Labute approximate surface area is 123 Å². The Bertz CT molecular complexity index is 618. The van der Waals surface area contributed by atoms with Crippen LogP contribution < -0.4 is 5.73 Å². The van der Waals surface area contributed by atoms with E-state index in [-0.39, 0.29) is 11.7 Å². The fourth-order valence-corrected chi connectivity index (χ4v) is 3.14. The van der Waals surface area contributed by atoms with Crippen LogP contribution in [0.2, 0.25) is 0 Å². The third-order valence-corrected chi connectivity index (χ3v) is 4.47. The number of hydrogen-bond acceptors (Lipinski definition) is 4. The van der Waals surface area contributed by atoms with Crippen molar-refractivity contribution >= 4 is 5.69 Å². The summed E-state index contributed by atoms with van der Waals surface area (Å²) < 4.78 is 15.5. The summed E-state index contributed by atoms with van der Waals surface area (Å²) in [6.45, 7) is 2.14. The molecule has 1 atom stereocenters. The number of aromatic nitrogens is 4. The molecule has 1 aromatic carbocycles. The number of halogens is 1. The van der Waals surface area contributed by atoms with Gasteiger partial charge < -0.3 is 5.73 Å². The minimum Gasteiger partial charge on any atom is -0.396 e. The van der Waals surface area contributed by atoms with Gasteiger partial charge in [-0.2, -0.15) is 0 Å². The Morgan fingerprint density at radius 3 is 2.76 bits per heavy atom. The molecule has 0 saturated heterocycles. The van der Waals surface area contributed by atoms with Gasteiger partial charge in [-0.1, -0.05) is 19.3 Å². The second-order valence-electron chi connectivity index (χ2n) is 5.82. The van der Waals surface area contributed by atoms with Crippen LogP contribution in [0.1, 0.15) is 45.1 Å². The fraction of sp³-hybridized carbons (Fsp3) is 0.533. The Morgan fingerprint density at radius 2 is 2.05 bits per heavy atom. The molecule has 112 valence electrons. The summed E-state index contributed by atoms with van der Waals surface area (Å²) in [6, 6.07) is 4.92. The maximum atomic E-state index is 13.7. The van der Waals surface area contributed by atoms with E-state index in [1.807, 2.05) is 4.68 Å². The minimum atomic E-state index is -0.438. The summed E-state index contributed by atoms with van der Waals surface area (Å²) in [5.41, 5.74) is 6.32. The van der Waals surface area contributed by atoms with Crippen molar-refractivity contribution in [3.8, 4) is 11.4 Å². The average Bonchev–Trinajstić information content (AvgIpc) is 2.99. The maximum absolute atomic E-state index is 13.7. The first kappa shape index (κ1) is 14.0. The molecule has 5 nitrogen and oxygen atoms in total. The third kappa shape index (κ3) is 2.75. The lowest BCUT2D eigenvalue weighted by Crippen LogP contribution is -2.21. The van der Waals surface area contributed by atoms with E-state index in [0.717, 1.165) is 0 Å². The van der Waals surface area contributed by atoms with Crippen molar-refractivity contribution in [2.45, 2.75) is 45.1 Å². The highest BCUT2D eigenvalue weighted by Gasteiger charge is 2.25. The molecule has 0 spiro atoms. The highest BCUT2D eigenvalue weighted by Crippen LogP contribution is 2.34. The van der Waals surface area contributed by atoms with Crippen LogP contribution in [0.3, 0.4) is 0 Å². The molecule has 3 rings (SSSR count). The summed E-state index contributed by atoms with van der Waals surface area (Å²) in [5, 5.41) is 12.0. The van der Waals surface area contributed by atoms with Crippen molar-refractivity contribution in [3.63, 3.8) is 0 Å². The van der Waals surface area contributed by atoms with Gasteiger partial charge in [0.15, 0.2) is 5.82 Å². The molecule has 6 heteroatoms. The third-order valence-electron chi connectivity index (χ3n) is 4.47. The molecule has 0 bridgehead atoms. The smallest absolute Gasteiger partial charge is 0.182 e. The van der Waals surface area contributed by atoms with Gasteiger partial charge in [0.25, 0.3) is 0 Å². The Morgan fingerprint density at radius 1 is 1.29 bits per heavy atom. The van der Waals surface area contributed by atoms with Gasteiger partial charge in [-0.25, -0.2) is 9.07 Å². The number of nitrogens with two attached hydrogens (primary N) is 1. The van der Waals surface area contributed by atoms with Gasteiger partial charge in [0.05, 0.1) is 11.7 Å². The molecule has 0 radical (unpaired) electrons. The second kappa shape index (κ2) is 5.79. The van der Waals surface area contributed by atoms with E-state index in [9.17, 15) is 4.39 Å². The van der Waals surface area contributed by atoms with Crippen LogP contribution in [0, 0.1) is 11.7 Å². The predicted octanol–water partition coefficient (Wildman–Crippen LogP) is 3.20. The SMILES string of the molecule is CC(C1CCCCC1)n1nnnc1-c1ccc(N)c(F)c1. The number of tetrazole rings is 1. The Hall–Kier alpha value is -1.98. The highest BCUT2D eigenvalue weighted by atomic mass is 19.1. The summed E-state index contributed by atoms with van der Waals surface area (Å²) >= 11 is 0. The van der Waals surface area contributed by atoms with Gasteiger partial charge in [-0.15, -0.1) is 5.10 Å². The zero-order valence-corrected chi connectivity index (χ0v) is 12.2. The monoisotopic (exact) mass is 289 g/mol. The maximum Gasteiger partial charge on any atom is 0.182 e. The normalized spacial score (nSPS) is 17.8. The molecule has 1 aromatic heterocycles.